The van der Waals surface area contributed by atoms with Crippen LogP contribution < -0.4 is 10.6 Å². The van der Waals surface area contributed by atoms with Gasteiger partial charge in [-0.25, -0.2) is 4.98 Å². The molecular formula is C16H22N4. The van der Waals surface area contributed by atoms with Crippen LogP contribution in [-0.4, -0.2) is 22.6 Å². The lowest BCUT2D eigenvalue weighted by molar-refractivity contribution is 0.883. The Hall–Kier alpha value is -2.10. The quantitative estimate of drug-likeness (QED) is 0.838. The fourth-order valence-corrected chi connectivity index (χ4v) is 1.89. The number of hydrogen-bond donors (Lipinski definition) is 2. The molecule has 0 aliphatic carbocycles. The molecule has 0 fully saturated rings. The largest absolute Gasteiger partial charge is 0.368 e. The van der Waals surface area contributed by atoms with Crippen molar-refractivity contribution in [1.29, 1.82) is 0 Å². The van der Waals surface area contributed by atoms with Gasteiger partial charge in [0.05, 0.1) is 5.69 Å². The maximum atomic E-state index is 4.59. The third-order valence-corrected chi connectivity index (χ3v) is 2.77. The van der Waals surface area contributed by atoms with Crippen LogP contribution in [0.25, 0.3) is 11.3 Å². The van der Waals surface area contributed by atoms with Gasteiger partial charge in [0.1, 0.15) is 5.82 Å². The van der Waals surface area contributed by atoms with Gasteiger partial charge in [0.15, 0.2) is 0 Å². The fourth-order valence-electron chi connectivity index (χ4n) is 1.89. The Bertz CT molecular complexity index is 537. The van der Waals surface area contributed by atoms with E-state index < -0.39 is 0 Å². The smallest absolute Gasteiger partial charge is 0.225 e. The normalized spacial score (nSPS) is 10.6. The summed E-state index contributed by atoms with van der Waals surface area (Å²) in [6.07, 6.45) is 1.05. The molecule has 1 aromatic carbocycles. The summed E-state index contributed by atoms with van der Waals surface area (Å²) in [7, 11) is 0. The summed E-state index contributed by atoms with van der Waals surface area (Å²) < 4.78 is 0. The van der Waals surface area contributed by atoms with Gasteiger partial charge in [-0.3, -0.25) is 0 Å². The van der Waals surface area contributed by atoms with E-state index in [0.717, 1.165) is 30.0 Å². The van der Waals surface area contributed by atoms with Crippen molar-refractivity contribution in [1.82, 2.24) is 9.97 Å². The van der Waals surface area contributed by atoms with Gasteiger partial charge >= 0.3 is 0 Å². The van der Waals surface area contributed by atoms with Crippen molar-refractivity contribution in [2.24, 2.45) is 0 Å². The molecule has 0 bridgehead atoms. The third kappa shape index (κ3) is 3.95. The Morgan fingerprint density at radius 2 is 1.85 bits per heavy atom. The maximum absolute atomic E-state index is 4.59. The van der Waals surface area contributed by atoms with Crippen molar-refractivity contribution >= 4 is 11.8 Å². The summed E-state index contributed by atoms with van der Waals surface area (Å²) in [4.78, 5) is 9.09. The lowest BCUT2D eigenvalue weighted by atomic mass is 10.1. The first-order valence-electron chi connectivity index (χ1n) is 7.14. The Kier molecular flexibility index (Phi) is 4.93. The molecule has 0 radical (unpaired) electrons. The van der Waals surface area contributed by atoms with Crippen LogP contribution in [0.5, 0.6) is 0 Å². The highest BCUT2D eigenvalue weighted by molar-refractivity contribution is 5.64. The first-order valence-corrected chi connectivity index (χ1v) is 7.14. The van der Waals surface area contributed by atoms with Crippen LogP contribution in [0, 0.1) is 0 Å². The third-order valence-electron chi connectivity index (χ3n) is 2.77. The predicted octanol–water partition coefficient (Wildman–Crippen LogP) is 3.79. The molecule has 4 nitrogen and oxygen atoms in total. The minimum absolute atomic E-state index is 0.340. The Morgan fingerprint density at radius 1 is 1.10 bits per heavy atom. The zero-order chi connectivity index (χ0) is 14.4. The van der Waals surface area contributed by atoms with Crippen molar-refractivity contribution in [2.75, 3.05) is 17.2 Å². The van der Waals surface area contributed by atoms with Crippen molar-refractivity contribution in [2.45, 2.75) is 33.2 Å². The average molecular weight is 270 g/mol. The van der Waals surface area contributed by atoms with E-state index in [-0.39, 0.29) is 0 Å². The SMILES string of the molecule is CCCNc1nc(NC(C)C)cc(-c2ccccc2)n1. The Balaban J connectivity index is 2.34. The molecule has 1 heterocycles. The van der Waals surface area contributed by atoms with Crippen molar-refractivity contribution in [3.05, 3.63) is 36.4 Å². The van der Waals surface area contributed by atoms with E-state index in [2.05, 4.69) is 53.5 Å². The number of hydrogen-bond acceptors (Lipinski definition) is 4. The standard InChI is InChI=1S/C16H22N4/c1-4-10-17-16-19-14(13-8-6-5-7-9-13)11-15(20-16)18-12(2)3/h5-9,11-12H,4,10H2,1-3H3,(H2,17,18,19,20). The van der Waals surface area contributed by atoms with Gasteiger partial charge < -0.3 is 10.6 Å². The second kappa shape index (κ2) is 6.89. The number of aromatic nitrogens is 2. The van der Waals surface area contributed by atoms with E-state index in [9.17, 15) is 0 Å². The van der Waals surface area contributed by atoms with Crippen LogP contribution in [0.3, 0.4) is 0 Å². The molecule has 4 heteroatoms. The molecule has 2 rings (SSSR count). The van der Waals surface area contributed by atoms with Gasteiger partial charge in [-0.1, -0.05) is 37.3 Å². The summed E-state index contributed by atoms with van der Waals surface area (Å²) in [6, 6.07) is 12.5. The first kappa shape index (κ1) is 14.3. The minimum atomic E-state index is 0.340. The molecule has 106 valence electrons. The number of rotatable bonds is 6. The van der Waals surface area contributed by atoms with Crippen LogP contribution in [0.2, 0.25) is 0 Å². The summed E-state index contributed by atoms with van der Waals surface area (Å²) in [5.41, 5.74) is 2.03. The Labute approximate surface area is 120 Å². The Morgan fingerprint density at radius 3 is 2.50 bits per heavy atom. The highest BCUT2D eigenvalue weighted by Gasteiger charge is 2.07. The average Bonchev–Trinajstić information content (AvgIpc) is 2.45. The van der Waals surface area contributed by atoms with E-state index in [0.29, 0.717) is 12.0 Å². The van der Waals surface area contributed by atoms with Crippen molar-refractivity contribution < 1.29 is 0 Å². The maximum Gasteiger partial charge on any atom is 0.225 e. The second-order valence-corrected chi connectivity index (χ2v) is 5.05. The van der Waals surface area contributed by atoms with Crippen LogP contribution >= 0.6 is 0 Å². The molecule has 0 unspecified atom stereocenters. The molecule has 0 saturated heterocycles. The molecule has 0 amide bonds. The molecule has 1 aromatic heterocycles. The van der Waals surface area contributed by atoms with Gasteiger partial charge in [0.2, 0.25) is 5.95 Å². The van der Waals surface area contributed by atoms with Gasteiger partial charge in [-0.15, -0.1) is 0 Å². The molecule has 0 saturated carbocycles. The van der Waals surface area contributed by atoms with Crippen molar-refractivity contribution in [3.8, 4) is 11.3 Å². The molecule has 2 aromatic rings. The lowest BCUT2D eigenvalue weighted by Crippen LogP contribution is -2.13. The highest BCUT2D eigenvalue weighted by atomic mass is 15.1. The van der Waals surface area contributed by atoms with Crippen LogP contribution in [-0.2, 0) is 0 Å². The van der Waals surface area contributed by atoms with Gasteiger partial charge in [0.25, 0.3) is 0 Å². The number of nitrogens with one attached hydrogen (secondary N) is 2. The topological polar surface area (TPSA) is 49.8 Å². The number of anilines is 2. The van der Waals surface area contributed by atoms with Gasteiger partial charge in [-0.05, 0) is 20.3 Å². The summed E-state index contributed by atoms with van der Waals surface area (Å²) in [5, 5.41) is 6.60. The molecule has 2 N–H and O–H groups in total. The summed E-state index contributed by atoms with van der Waals surface area (Å²) in [5.74, 6) is 1.53. The first-order chi connectivity index (χ1) is 9.69. The van der Waals surface area contributed by atoms with Gasteiger partial charge in [0, 0.05) is 24.2 Å². The monoisotopic (exact) mass is 270 g/mol. The van der Waals surface area contributed by atoms with Crippen LogP contribution in [0.1, 0.15) is 27.2 Å². The summed E-state index contributed by atoms with van der Waals surface area (Å²) in [6.45, 7) is 7.20. The molecular weight excluding hydrogens is 248 g/mol. The van der Waals surface area contributed by atoms with E-state index in [1.807, 2.05) is 24.3 Å². The van der Waals surface area contributed by atoms with Crippen LogP contribution in [0.15, 0.2) is 36.4 Å². The predicted molar refractivity (Wildman–Crippen MR) is 85.0 cm³/mol. The second-order valence-electron chi connectivity index (χ2n) is 5.05. The van der Waals surface area contributed by atoms with E-state index in [1.54, 1.807) is 0 Å². The summed E-state index contributed by atoms with van der Waals surface area (Å²) >= 11 is 0. The molecule has 0 atom stereocenters. The van der Waals surface area contributed by atoms with Gasteiger partial charge in [-0.2, -0.15) is 4.98 Å². The van der Waals surface area contributed by atoms with Crippen LogP contribution in [0.4, 0.5) is 11.8 Å². The fraction of sp³-hybridized carbons (Fsp3) is 0.375. The number of nitrogens with zero attached hydrogens (tertiary/aromatic N) is 2. The van der Waals surface area contributed by atoms with E-state index in [1.165, 1.54) is 0 Å². The van der Waals surface area contributed by atoms with Crippen molar-refractivity contribution in [3.63, 3.8) is 0 Å². The lowest BCUT2D eigenvalue weighted by Gasteiger charge is -2.13. The molecule has 0 aliphatic rings. The molecule has 0 spiro atoms. The minimum Gasteiger partial charge on any atom is -0.368 e. The zero-order valence-electron chi connectivity index (χ0n) is 12.4. The van der Waals surface area contributed by atoms with E-state index >= 15 is 0 Å². The zero-order valence-corrected chi connectivity index (χ0v) is 12.4. The van der Waals surface area contributed by atoms with E-state index in [4.69, 9.17) is 0 Å². The molecule has 20 heavy (non-hydrogen) atoms. The number of benzene rings is 1. The highest BCUT2D eigenvalue weighted by Crippen LogP contribution is 2.21. The molecule has 0 aliphatic heterocycles.